The third-order valence-electron chi connectivity index (χ3n) is 5.53. The van der Waals surface area contributed by atoms with Gasteiger partial charge in [-0.3, -0.25) is 14.6 Å². The number of benzene rings is 3. The Balaban J connectivity index is 1.41. The maximum atomic E-state index is 12.9. The Bertz CT molecular complexity index is 1600. The fraction of sp³-hybridized carbons (Fsp3) is 0.0400. The van der Waals surface area contributed by atoms with Crippen molar-refractivity contribution in [1.82, 2.24) is 9.97 Å². The number of aliphatic imine (C=N–C) groups is 1. The van der Waals surface area contributed by atoms with Gasteiger partial charge in [-0.1, -0.05) is 30.3 Å². The number of aromatic amines is 1. The van der Waals surface area contributed by atoms with E-state index in [1.54, 1.807) is 29.5 Å². The van der Waals surface area contributed by atoms with E-state index in [2.05, 4.69) is 38.5 Å². The largest absolute Gasteiger partial charge is 0.320 e. The molecule has 1 aliphatic rings. The zero-order chi connectivity index (χ0) is 21.7. The lowest BCUT2D eigenvalue weighted by Crippen LogP contribution is -2.25. The van der Waals surface area contributed by atoms with Crippen LogP contribution in [0.1, 0.15) is 21.6 Å². The van der Waals surface area contributed by atoms with Crippen molar-refractivity contribution in [3.8, 4) is 10.4 Å². The Kier molecular flexibility index (Phi) is 4.22. The lowest BCUT2D eigenvalue weighted by Gasteiger charge is -2.11. The molecule has 0 spiro atoms. The summed E-state index contributed by atoms with van der Waals surface area (Å²) in [5.74, 6) is -0.547. The molecule has 0 radical (unpaired) electrons. The second-order valence-electron chi connectivity index (χ2n) is 7.60. The highest BCUT2D eigenvalue weighted by Crippen LogP contribution is 2.39. The highest BCUT2D eigenvalue weighted by Gasteiger charge is 2.19. The van der Waals surface area contributed by atoms with Crippen LogP contribution < -0.4 is 10.9 Å². The molecule has 6 nitrogen and oxygen atoms in total. The van der Waals surface area contributed by atoms with Crippen molar-refractivity contribution in [1.29, 1.82) is 0 Å². The van der Waals surface area contributed by atoms with Crippen LogP contribution in [0.15, 0.2) is 76.5 Å². The number of H-pyrrole nitrogens is 1. The molecule has 32 heavy (non-hydrogen) atoms. The maximum Gasteiger partial charge on any atom is 0.280 e. The van der Waals surface area contributed by atoms with E-state index in [0.717, 1.165) is 21.6 Å². The van der Waals surface area contributed by atoms with E-state index in [4.69, 9.17) is 0 Å². The second kappa shape index (κ2) is 7.25. The van der Waals surface area contributed by atoms with Gasteiger partial charge in [-0.25, -0.2) is 4.98 Å². The summed E-state index contributed by atoms with van der Waals surface area (Å²) in [7, 11) is 0. The van der Waals surface area contributed by atoms with E-state index in [9.17, 15) is 9.59 Å². The number of nitrogens with zero attached hydrogens (tertiary/aromatic N) is 2. The van der Waals surface area contributed by atoms with Crippen molar-refractivity contribution in [2.75, 3.05) is 5.32 Å². The SMILES string of the molecule is O=C(Nc1cc2c(c(-c3cc4ccccc4s3)c1)CN=C2)c1nc2ccccc2[nH]c1=O. The smallest absolute Gasteiger partial charge is 0.280 e. The molecule has 2 aromatic heterocycles. The van der Waals surface area contributed by atoms with Gasteiger partial charge in [0.2, 0.25) is 0 Å². The molecule has 0 fully saturated rings. The van der Waals surface area contributed by atoms with Gasteiger partial charge in [-0.15, -0.1) is 11.3 Å². The first kappa shape index (κ1) is 18.7. The standard InChI is InChI=1S/C25H16N4O2S/c30-24(23-25(31)29-20-7-3-2-6-19(20)28-23)27-16-9-15-12-26-13-18(15)17(11-16)22-10-14-5-1-4-8-21(14)32-22/h1-12H,13H2,(H,27,30)(H,29,31). The highest BCUT2D eigenvalue weighted by molar-refractivity contribution is 7.22. The van der Waals surface area contributed by atoms with Gasteiger partial charge in [0, 0.05) is 27.0 Å². The quantitative estimate of drug-likeness (QED) is 0.418. The molecule has 2 N–H and O–H groups in total. The normalized spacial score (nSPS) is 12.4. The lowest BCUT2D eigenvalue weighted by molar-refractivity contribution is 0.102. The van der Waals surface area contributed by atoms with E-state index in [1.165, 1.54) is 10.1 Å². The van der Waals surface area contributed by atoms with Crippen LogP contribution in [0.4, 0.5) is 5.69 Å². The minimum absolute atomic E-state index is 0.165. The van der Waals surface area contributed by atoms with Crippen LogP contribution in [-0.2, 0) is 6.54 Å². The second-order valence-corrected chi connectivity index (χ2v) is 8.68. The average molecular weight is 436 g/mol. The van der Waals surface area contributed by atoms with Crippen LogP contribution in [0, 0.1) is 0 Å². The Morgan fingerprint density at radius 2 is 1.88 bits per heavy atom. The summed E-state index contributed by atoms with van der Waals surface area (Å²) >= 11 is 1.71. The molecule has 154 valence electrons. The number of carbonyl (C=O) groups is 1. The van der Waals surface area contributed by atoms with Crippen molar-refractivity contribution in [3.05, 3.63) is 93.9 Å². The summed E-state index contributed by atoms with van der Waals surface area (Å²) < 4.78 is 1.21. The molecule has 1 amide bonds. The van der Waals surface area contributed by atoms with Crippen LogP contribution in [-0.4, -0.2) is 22.1 Å². The lowest BCUT2D eigenvalue weighted by atomic mass is 10.0. The first-order valence-corrected chi connectivity index (χ1v) is 10.9. The molecule has 3 aromatic carbocycles. The van der Waals surface area contributed by atoms with Crippen LogP contribution in [0.25, 0.3) is 31.6 Å². The van der Waals surface area contributed by atoms with Crippen molar-refractivity contribution < 1.29 is 4.79 Å². The number of hydrogen-bond donors (Lipinski definition) is 2. The summed E-state index contributed by atoms with van der Waals surface area (Å²) in [5, 5.41) is 4.04. The number of para-hydroxylation sites is 2. The average Bonchev–Trinajstić information content (AvgIpc) is 3.45. The number of anilines is 1. The van der Waals surface area contributed by atoms with Gasteiger partial charge in [0.15, 0.2) is 5.69 Å². The van der Waals surface area contributed by atoms with Crippen molar-refractivity contribution >= 4 is 50.3 Å². The summed E-state index contributed by atoms with van der Waals surface area (Å²) in [5.41, 5.74) is 4.21. The van der Waals surface area contributed by atoms with Crippen molar-refractivity contribution in [2.45, 2.75) is 6.54 Å². The van der Waals surface area contributed by atoms with E-state index in [0.29, 0.717) is 23.3 Å². The molecule has 7 heteroatoms. The van der Waals surface area contributed by atoms with E-state index < -0.39 is 11.5 Å². The van der Waals surface area contributed by atoms with Gasteiger partial charge >= 0.3 is 0 Å². The van der Waals surface area contributed by atoms with Crippen LogP contribution in [0.3, 0.4) is 0 Å². The third-order valence-corrected chi connectivity index (χ3v) is 6.68. The van der Waals surface area contributed by atoms with Crippen LogP contribution in [0.2, 0.25) is 0 Å². The maximum absolute atomic E-state index is 12.9. The first-order chi connectivity index (χ1) is 15.7. The molecule has 0 atom stereocenters. The van der Waals surface area contributed by atoms with Gasteiger partial charge in [0.1, 0.15) is 0 Å². The highest BCUT2D eigenvalue weighted by atomic mass is 32.1. The summed E-state index contributed by atoms with van der Waals surface area (Å²) in [6.45, 7) is 0.610. The molecule has 0 saturated heterocycles. The number of rotatable bonds is 3. The van der Waals surface area contributed by atoms with Gasteiger partial charge in [0.25, 0.3) is 11.5 Å². The number of nitrogens with one attached hydrogen (secondary N) is 2. The van der Waals surface area contributed by atoms with Crippen molar-refractivity contribution in [2.24, 2.45) is 4.99 Å². The molecular weight excluding hydrogens is 420 g/mol. The molecule has 0 unspecified atom stereocenters. The molecule has 0 bridgehead atoms. The van der Waals surface area contributed by atoms with Gasteiger partial charge in [0.05, 0.1) is 17.6 Å². The fourth-order valence-corrected chi connectivity index (χ4v) is 5.11. The topological polar surface area (TPSA) is 87.2 Å². The van der Waals surface area contributed by atoms with E-state index in [1.807, 2.05) is 36.5 Å². The van der Waals surface area contributed by atoms with E-state index >= 15 is 0 Å². The minimum atomic E-state index is -0.547. The molecular formula is C25H16N4O2S. The number of hydrogen-bond acceptors (Lipinski definition) is 5. The number of fused-ring (bicyclic) bond motifs is 3. The zero-order valence-electron chi connectivity index (χ0n) is 16.8. The number of aromatic nitrogens is 2. The first-order valence-electron chi connectivity index (χ1n) is 10.1. The number of carbonyl (C=O) groups excluding carboxylic acids is 1. The number of thiophene rings is 1. The summed E-state index contributed by atoms with van der Waals surface area (Å²) in [6, 6.07) is 21.4. The summed E-state index contributed by atoms with van der Waals surface area (Å²) in [4.78, 5) is 37.9. The summed E-state index contributed by atoms with van der Waals surface area (Å²) in [6.07, 6.45) is 1.82. The fourth-order valence-electron chi connectivity index (χ4n) is 4.00. The van der Waals surface area contributed by atoms with Gasteiger partial charge in [-0.2, -0.15) is 0 Å². The van der Waals surface area contributed by atoms with Gasteiger partial charge < -0.3 is 10.3 Å². The Labute approximate surface area is 186 Å². The molecule has 6 rings (SSSR count). The molecule has 1 aliphatic heterocycles. The third kappa shape index (κ3) is 3.11. The minimum Gasteiger partial charge on any atom is -0.320 e. The Morgan fingerprint density at radius 1 is 1.03 bits per heavy atom. The molecule has 3 heterocycles. The monoisotopic (exact) mass is 436 g/mol. The van der Waals surface area contributed by atoms with Crippen molar-refractivity contribution in [3.63, 3.8) is 0 Å². The molecule has 0 saturated carbocycles. The van der Waals surface area contributed by atoms with Crippen LogP contribution >= 0.6 is 11.3 Å². The van der Waals surface area contributed by atoms with E-state index in [-0.39, 0.29) is 5.69 Å². The molecule has 5 aromatic rings. The predicted octanol–water partition coefficient (Wildman–Crippen LogP) is 4.99. The molecule has 0 aliphatic carbocycles. The van der Waals surface area contributed by atoms with Crippen LogP contribution in [0.5, 0.6) is 0 Å². The Hall–Kier alpha value is -4.10. The number of amides is 1. The van der Waals surface area contributed by atoms with Gasteiger partial charge in [-0.05, 0) is 52.9 Å². The Morgan fingerprint density at radius 3 is 2.78 bits per heavy atom. The predicted molar refractivity (Wildman–Crippen MR) is 129 cm³/mol. The zero-order valence-corrected chi connectivity index (χ0v) is 17.6.